The maximum absolute atomic E-state index is 11.9. The number of anilines is 1. The van der Waals surface area contributed by atoms with Crippen LogP contribution in [0.5, 0.6) is 5.75 Å². The van der Waals surface area contributed by atoms with Crippen LogP contribution in [0.25, 0.3) is 5.65 Å². The molecular weight excluding hydrogens is 334 g/mol. The lowest BCUT2D eigenvalue weighted by Crippen LogP contribution is -2.24. The summed E-state index contributed by atoms with van der Waals surface area (Å²) in [7, 11) is 0. The summed E-state index contributed by atoms with van der Waals surface area (Å²) in [5, 5.41) is 17.7. The SMILES string of the molecule is CC1(C)Cc2cc(NC(O)c3cnn4cccnc34)c(C(N)=O)cc2O1. The molecule has 1 aromatic carbocycles. The van der Waals surface area contributed by atoms with Gasteiger partial charge in [-0.15, -0.1) is 0 Å². The van der Waals surface area contributed by atoms with E-state index in [4.69, 9.17) is 10.5 Å². The van der Waals surface area contributed by atoms with Gasteiger partial charge >= 0.3 is 0 Å². The van der Waals surface area contributed by atoms with Crippen LogP contribution in [0, 0.1) is 0 Å². The Labute approximate surface area is 149 Å². The standard InChI is InChI=1S/C18H19N5O3/c1-18(2)8-10-6-13(11(15(19)24)7-14(10)26-18)22-17(25)12-9-21-23-5-3-4-20-16(12)23/h3-7,9,17,22,25H,8H2,1-2H3,(H2,19,24). The number of ether oxygens (including phenoxy) is 1. The molecule has 1 atom stereocenters. The molecule has 3 aromatic rings. The molecule has 8 nitrogen and oxygen atoms in total. The second-order valence-electron chi connectivity index (χ2n) is 6.94. The van der Waals surface area contributed by atoms with E-state index in [1.165, 1.54) is 6.20 Å². The fourth-order valence-corrected chi connectivity index (χ4v) is 3.24. The van der Waals surface area contributed by atoms with Crippen molar-refractivity contribution in [2.75, 3.05) is 5.32 Å². The number of aliphatic hydroxyl groups is 1. The average Bonchev–Trinajstić information content (AvgIpc) is 3.12. The number of primary amides is 1. The fraction of sp³-hybridized carbons (Fsp3) is 0.278. The first kappa shape index (κ1) is 16.3. The lowest BCUT2D eigenvalue weighted by molar-refractivity contribution is 0.0999. The Morgan fingerprint density at radius 3 is 3.04 bits per heavy atom. The number of hydrogen-bond acceptors (Lipinski definition) is 6. The van der Waals surface area contributed by atoms with Crippen LogP contribution in [-0.4, -0.2) is 31.2 Å². The van der Waals surface area contributed by atoms with E-state index in [0.717, 1.165) is 5.56 Å². The number of nitrogens with two attached hydrogens (primary N) is 1. The summed E-state index contributed by atoms with van der Waals surface area (Å²) in [6, 6.07) is 5.17. The lowest BCUT2D eigenvalue weighted by Gasteiger charge is -2.17. The highest BCUT2D eigenvalue weighted by atomic mass is 16.5. The third-order valence-corrected chi connectivity index (χ3v) is 4.36. The van der Waals surface area contributed by atoms with E-state index in [0.29, 0.717) is 29.1 Å². The smallest absolute Gasteiger partial charge is 0.250 e. The van der Waals surface area contributed by atoms with Crippen molar-refractivity contribution in [1.82, 2.24) is 14.6 Å². The van der Waals surface area contributed by atoms with Gasteiger partial charge in [-0.3, -0.25) is 4.79 Å². The zero-order chi connectivity index (χ0) is 18.5. The molecule has 1 unspecified atom stereocenters. The molecule has 3 heterocycles. The number of aliphatic hydroxyl groups excluding tert-OH is 1. The quantitative estimate of drug-likeness (QED) is 0.614. The van der Waals surface area contributed by atoms with Gasteiger partial charge in [0.15, 0.2) is 11.9 Å². The predicted molar refractivity (Wildman–Crippen MR) is 94.9 cm³/mol. The summed E-state index contributed by atoms with van der Waals surface area (Å²) in [6.07, 6.45) is 4.49. The minimum atomic E-state index is -1.10. The van der Waals surface area contributed by atoms with Gasteiger partial charge in [0.2, 0.25) is 0 Å². The maximum Gasteiger partial charge on any atom is 0.250 e. The van der Waals surface area contributed by atoms with Gasteiger partial charge in [0.05, 0.1) is 17.3 Å². The topological polar surface area (TPSA) is 115 Å². The molecule has 134 valence electrons. The van der Waals surface area contributed by atoms with Crippen LogP contribution in [0.4, 0.5) is 5.69 Å². The molecule has 0 saturated heterocycles. The molecule has 8 heteroatoms. The summed E-state index contributed by atoms with van der Waals surface area (Å²) >= 11 is 0. The molecule has 1 amide bonds. The third kappa shape index (κ3) is 2.74. The Hall–Kier alpha value is -3.13. The van der Waals surface area contributed by atoms with Gasteiger partial charge in [-0.2, -0.15) is 5.10 Å². The van der Waals surface area contributed by atoms with Crippen LogP contribution in [-0.2, 0) is 6.42 Å². The molecule has 4 rings (SSSR count). The van der Waals surface area contributed by atoms with Gasteiger partial charge in [-0.05, 0) is 32.0 Å². The third-order valence-electron chi connectivity index (χ3n) is 4.36. The molecule has 4 N–H and O–H groups in total. The number of fused-ring (bicyclic) bond motifs is 2. The van der Waals surface area contributed by atoms with Crippen molar-refractivity contribution in [1.29, 1.82) is 0 Å². The first-order chi connectivity index (χ1) is 12.3. The van der Waals surface area contributed by atoms with Crippen molar-refractivity contribution in [2.24, 2.45) is 5.73 Å². The Kier molecular flexibility index (Phi) is 3.58. The molecule has 2 aromatic heterocycles. The molecule has 0 fully saturated rings. The zero-order valence-electron chi connectivity index (χ0n) is 14.4. The van der Waals surface area contributed by atoms with Gasteiger partial charge in [0.1, 0.15) is 11.4 Å². The number of benzene rings is 1. The fourth-order valence-electron chi connectivity index (χ4n) is 3.24. The van der Waals surface area contributed by atoms with Crippen molar-refractivity contribution in [2.45, 2.75) is 32.1 Å². The molecule has 1 aliphatic heterocycles. The van der Waals surface area contributed by atoms with Gasteiger partial charge in [-0.1, -0.05) is 0 Å². The Morgan fingerprint density at radius 2 is 2.27 bits per heavy atom. The highest BCUT2D eigenvalue weighted by Crippen LogP contribution is 2.39. The molecular formula is C18H19N5O3. The van der Waals surface area contributed by atoms with E-state index < -0.39 is 12.1 Å². The number of hydrogen-bond donors (Lipinski definition) is 3. The van der Waals surface area contributed by atoms with Crippen molar-refractivity contribution in [3.05, 3.63) is 53.5 Å². The summed E-state index contributed by atoms with van der Waals surface area (Å²) in [4.78, 5) is 16.1. The lowest BCUT2D eigenvalue weighted by atomic mass is 9.99. The Balaban J connectivity index is 1.71. The van der Waals surface area contributed by atoms with Crippen molar-refractivity contribution < 1.29 is 14.6 Å². The van der Waals surface area contributed by atoms with Crippen LogP contribution in [0.15, 0.2) is 36.8 Å². The average molecular weight is 353 g/mol. The van der Waals surface area contributed by atoms with E-state index in [9.17, 15) is 9.90 Å². The van der Waals surface area contributed by atoms with Crippen LogP contribution in [0.3, 0.4) is 0 Å². The summed E-state index contributed by atoms with van der Waals surface area (Å²) < 4.78 is 7.42. The van der Waals surface area contributed by atoms with Crippen molar-refractivity contribution in [3.63, 3.8) is 0 Å². The normalized spacial score (nSPS) is 16.1. The van der Waals surface area contributed by atoms with Crippen LogP contribution in [0.1, 0.15) is 41.6 Å². The molecule has 1 aliphatic rings. The molecule has 0 aliphatic carbocycles. The predicted octanol–water partition coefficient (Wildman–Crippen LogP) is 1.64. The van der Waals surface area contributed by atoms with Crippen LogP contribution in [0.2, 0.25) is 0 Å². The van der Waals surface area contributed by atoms with E-state index in [1.807, 2.05) is 13.8 Å². The first-order valence-electron chi connectivity index (χ1n) is 8.23. The summed E-state index contributed by atoms with van der Waals surface area (Å²) in [5.74, 6) is 0.0373. The van der Waals surface area contributed by atoms with E-state index >= 15 is 0 Å². The zero-order valence-corrected chi connectivity index (χ0v) is 14.4. The van der Waals surface area contributed by atoms with Crippen LogP contribution >= 0.6 is 0 Å². The molecule has 0 bridgehead atoms. The number of nitrogens with zero attached hydrogens (tertiary/aromatic N) is 3. The minimum absolute atomic E-state index is 0.255. The van der Waals surface area contributed by atoms with E-state index in [2.05, 4.69) is 15.4 Å². The summed E-state index contributed by atoms with van der Waals surface area (Å²) in [5.41, 5.74) is 7.85. The van der Waals surface area contributed by atoms with Gasteiger partial charge in [0.25, 0.3) is 5.91 Å². The van der Waals surface area contributed by atoms with Crippen LogP contribution < -0.4 is 15.8 Å². The number of nitrogens with one attached hydrogen (secondary N) is 1. The Bertz CT molecular complexity index is 1010. The number of amides is 1. The highest BCUT2D eigenvalue weighted by molar-refractivity contribution is 5.99. The van der Waals surface area contributed by atoms with Crippen molar-refractivity contribution in [3.8, 4) is 5.75 Å². The Morgan fingerprint density at radius 1 is 1.46 bits per heavy atom. The largest absolute Gasteiger partial charge is 0.487 e. The maximum atomic E-state index is 11.9. The number of carbonyl (C=O) groups excluding carboxylic acids is 1. The summed E-state index contributed by atoms with van der Waals surface area (Å²) in [6.45, 7) is 3.95. The van der Waals surface area contributed by atoms with Gasteiger partial charge < -0.3 is 20.9 Å². The molecule has 0 spiro atoms. The highest BCUT2D eigenvalue weighted by Gasteiger charge is 2.32. The van der Waals surface area contributed by atoms with Crippen molar-refractivity contribution >= 4 is 17.2 Å². The second kappa shape index (κ2) is 5.70. The number of carbonyl (C=O) groups is 1. The van der Waals surface area contributed by atoms with Gasteiger partial charge in [-0.25, -0.2) is 9.50 Å². The molecule has 0 saturated carbocycles. The first-order valence-corrected chi connectivity index (χ1v) is 8.23. The molecule has 0 radical (unpaired) electrons. The second-order valence-corrected chi connectivity index (χ2v) is 6.94. The van der Waals surface area contributed by atoms with E-state index in [1.54, 1.807) is 35.1 Å². The van der Waals surface area contributed by atoms with Gasteiger partial charge in [0, 0.05) is 30.1 Å². The number of rotatable bonds is 4. The number of aromatic nitrogens is 3. The monoisotopic (exact) mass is 353 g/mol. The van der Waals surface area contributed by atoms with E-state index in [-0.39, 0.29) is 11.2 Å². The molecule has 26 heavy (non-hydrogen) atoms. The minimum Gasteiger partial charge on any atom is -0.487 e.